The molecule has 0 saturated heterocycles. The van der Waals surface area contributed by atoms with Crippen LogP contribution in [0.15, 0.2) is 288 Å². The van der Waals surface area contributed by atoms with Gasteiger partial charge in [0.25, 0.3) is 0 Å². The Bertz CT molecular complexity index is 7000. The zero-order valence-corrected chi connectivity index (χ0v) is 55.6. The zero-order chi connectivity index (χ0) is 66.4. The number of anilines is 6. The molecule has 0 radical (unpaired) electrons. The van der Waals surface area contributed by atoms with Gasteiger partial charge in [0.1, 0.15) is 22.3 Å². The Morgan fingerprint density at radius 2 is 0.485 bits per heavy atom. The summed E-state index contributed by atoms with van der Waals surface area (Å²) in [6.07, 6.45) is 0. The van der Waals surface area contributed by atoms with Crippen LogP contribution in [0.2, 0.25) is 0 Å². The quantitative estimate of drug-likeness (QED) is 0.180. The smallest absolute Gasteiger partial charge is 0.146 e. The normalized spacial score (nSPS) is 12.6. The highest BCUT2D eigenvalue weighted by molar-refractivity contribution is 6.44. The summed E-state index contributed by atoms with van der Waals surface area (Å²) in [7, 11) is 8.69. The predicted octanol–water partition coefficient (Wildman–Crippen LogP) is 26.0. The van der Waals surface area contributed by atoms with E-state index in [9.17, 15) is 0 Å². The molecule has 9 heteroatoms. The van der Waals surface area contributed by atoms with Crippen molar-refractivity contribution >= 4 is 230 Å². The van der Waals surface area contributed by atoms with E-state index >= 15 is 0 Å². The lowest BCUT2D eigenvalue weighted by Gasteiger charge is -2.27. The molecule has 16 aromatic carbocycles. The van der Waals surface area contributed by atoms with Crippen molar-refractivity contribution in [1.29, 1.82) is 0 Å². The van der Waals surface area contributed by atoms with Crippen LogP contribution in [0, 0.1) is 0 Å². The molecule has 0 aliphatic carbocycles. The van der Waals surface area contributed by atoms with Crippen molar-refractivity contribution in [1.82, 2.24) is 23.3 Å². The molecule has 0 bridgehead atoms. The van der Waals surface area contributed by atoms with E-state index in [0.29, 0.717) is 0 Å². The number of nitrogens with one attached hydrogen (secondary N) is 1. The van der Waals surface area contributed by atoms with Gasteiger partial charge in [0.05, 0.1) is 33.2 Å². The highest BCUT2D eigenvalue weighted by atomic mass is 16.3. The van der Waals surface area contributed by atoms with Gasteiger partial charge in [-0.25, -0.2) is 0 Å². The molecule has 0 atom stereocenters. The van der Waals surface area contributed by atoms with Gasteiger partial charge in [-0.05, 0) is 119 Å². The first-order valence-corrected chi connectivity index (χ1v) is 34.7. The van der Waals surface area contributed by atoms with Crippen LogP contribution in [0.1, 0.15) is 4.28 Å². The summed E-state index contributed by atoms with van der Waals surface area (Å²) in [6.45, 7) is 0. The van der Waals surface area contributed by atoms with E-state index in [-0.39, 0.29) is 4.28 Å². The summed E-state index contributed by atoms with van der Waals surface area (Å²) >= 11 is 0. The molecule has 1 N–H and O–H groups in total. The Balaban J connectivity index is 0.00000240. The SMILES string of the molecule is Cn1c2ccccc2c2cc(N(c3ccc4c(c3)c3ccccc3n4C)c3cc4oc5c(c6ccccc6c6[nH]c7c8ccccc8c8c(oc9cc(N(c%10ccc%11c(c%10)c%10ccccc%10n%11C)c%10ccc%11c(c%10)c%10ccccc%10n%11C)c%10ccccc%10c98)c7c65)c4c4ccccc34)ccc21.[HH].[HH].[HH]. The molecular formula is C92H65N7O2. The van der Waals surface area contributed by atoms with E-state index in [0.717, 1.165) is 143 Å². The van der Waals surface area contributed by atoms with Crippen molar-refractivity contribution in [3.05, 3.63) is 279 Å². The number of hydrogen-bond acceptors (Lipinski definition) is 4. The number of aromatic amines is 1. The zero-order valence-electron chi connectivity index (χ0n) is 55.6. The van der Waals surface area contributed by atoms with Gasteiger partial charge in [-0.2, -0.15) is 0 Å². The predicted molar refractivity (Wildman–Crippen MR) is 432 cm³/mol. The van der Waals surface area contributed by atoms with Crippen LogP contribution in [0.5, 0.6) is 0 Å². The minimum absolute atomic E-state index is 0. The van der Waals surface area contributed by atoms with E-state index < -0.39 is 0 Å². The number of H-pyrrole nitrogens is 1. The Morgan fingerprint density at radius 1 is 0.238 bits per heavy atom. The summed E-state index contributed by atoms with van der Waals surface area (Å²) in [5.41, 5.74) is 20.9. The van der Waals surface area contributed by atoms with Crippen molar-refractivity contribution < 1.29 is 13.1 Å². The Labute approximate surface area is 580 Å². The van der Waals surface area contributed by atoms with Crippen LogP contribution in [-0.2, 0) is 28.2 Å². The van der Waals surface area contributed by atoms with Gasteiger partial charge >= 0.3 is 0 Å². The van der Waals surface area contributed by atoms with E-state index in [1.807, 2.05) is 0 Å². The second-order valence-corrected chi connectivity index (χ2v) is 27.7. The summed E-state index contributed by atoms with van der Waals surface area (Å²) in [5.74, 6) is 0. The first-order chi connectivity index (χ1) is 49.8. The van der Waals surface area contributed by atoms with E-state index in [1.54, 1.807) is 0 Å². The second-order valence-electron chi connectivity index (χ2n) is 27.7. The van der Waals surface area contributed by atoms with Gasteiger partial charge in [0.2, 0.25) is 0 Å². The number of furan rings is 2. The molecule has 0 fully saturated rings. The lowest BCUT2D eigenvalue weighted by Crippen LogP contribution is -2.10. The minimum Gasteiger partial charge on any atom is -0.455 e. The molecule has 9 nitrogen and oxygen atoms in total. The van der Waals surface area contributed by atoms with E-state index in [4.69, 9.17) is 8.83 Å². The molecule has 0 aliphatic rings. The number of para-hydroxylation sites is 4. The average molecular weight is 1300 g/mol. The average Bonchev–Trinajstić information content (AvgIpc) is 1.51. The lowest BCUT2D eigenvalue weighted by atomic mass is 9.94. The number of hydrogen-bond donors (Lipinski definition) is 1. The number of fused-ring (bicyclic) bond motifs is 33. The Morgan fingerprint density at radius 3 is 0.792 bits per heavy atom. The number of aromatic nitrogens is 5. The van der Waals surface area contributed by atoms with Crippen LogP contribution in [0.4, 0.5) is 34.1 Å². The van der Waals surface area contributed by atoms with Crippen LogP contribution >= 0.6 is 0 Å². The maximum atomic E-state index is 7.84. The van der Waals surface area contributed by atoms with Gasteiger partial charge in [-0.15, -0.1) is 0 Å². The summed E-state index contributed by atoms with van der Waals surface area (Å²) in [6, 6.07) is 103. The highest BCUT2D eigenvalue weighted by Gasteiger charge is 2.30. The topological polar surface area (TPSA) is 68.3 Å². The molecule has 23 aromatic rings. The van der Waals surface area contributed by atoms with Crippen LogP contribution in [-0.4, -0.2) is 23.3 Å². The maximum Gasteiger partial charge on any atom is 0.146 e. The number of benzene rings is 16. The Hall–Kier alpha value is -13.2. The van der Waals surface area contributed by atoms with Gasteiger partial charge in [0, 0.05) is 198 Å². The monoisotopic (exact) mass is 1300 g/mol. The number of aryl methyl sites for hydroxylation is 4. The Kier molecular flexibility index (Phi) is 10.7. The molecule has 7 heterocycles. The second kappa shape index (κ2) is 19.7. The molecule has 7 aromatic heterocycles. The number of rotatable bonds is 6. The molecule has 23 rings (SSSR count). The van der Waals surface area contributed by atoms with Crippen molar-refractivity contribution in [3.8, 4) is 0 Å². The molecule has 0 unspecified atom stereocenters. The maximum absolute atomic E-state index is 7.84. The molecule has 0 aliphatic heterocycles. The third kappa shape index (κ3) is 7.17. The molecule has 480 valence electrons. The molecule has 101 heavy (non-hydrogen) atoms. The fraction of sp³-hybridized carbons (Fsp3) is 0.0435. The van der Waals surface area contributed by atoms with Crippen LogP contribution in [0.3, 0.4) is 0 Å². The largest absolute Gasteiger partial charge is 0.455 e. The number of nitrogens with zero attached hydrogens (tertiary/aromatic N) is 6. The first-order valence-electron chi connectivity index (χ1n) is 34.7. The van der Waals surface area contributed by atoms with Crippen molar-refractivity contribution in [2.45, 2.75) is 0 Å². The van der Waals surface area contributed by atoms with Crippen LogP contribution in [0.25, 0.3) is 196 Å². The third-order valence-electron chi connectivity index (χ3n) is 22.8. The van der Waals surface area contributed by atoms with E-state index in [2.05, 4.69) is 340 Å². The molecule has 0 spiro atoms. The van der Waals surface area contributed by atoms with Crippen LogP contribution < -0.4 is 9.80 Å². The molecule has 0 saturated carbocycles. The van der Waals surface area contributed by atoms with Gasteiger partial charge in [0.15, 0.2) is 0 Å². The van der Waals surface area contributed by atoms with E-state index in [1.165, 1.54) is 87.2 Å². The van der Waals surface area contributed by atoms with Crippen molar-refractivity contribution in [2.75, 3.05) is 9.80 Å². The molecular weight excluding hydrogens is 1240 g/mol. The highest BCUT2D eigenvalue weighted by Crippen LogP contribution is 2.55. The first kappa shape index (κ1) is 54.8. The fourth-order valence-corrected chi connectivity index (χ4v) is 18.4. The summed E-state index contributed by atoms with van der Waals surface area (Å²) < 4.78 is 24.9. The summed E-state index contributed by atoms with van der Waals surface area (Å²) in [5, 5.41) is 24.8. The van der Waals surface area contributed by atoms with Gasteiger partial charge < -0.3 is 41.9 Å². The van der Waals surface area contributed by atoms with Gasteiger partial charge in [-0.1, -0.05) is 170 Å². The van der Waals surface area contributed by atoms with Gasteiger partial charge in [-0.3, -0.25) is 0 Å². The summed E-state index contributed by atoms with van der Waals surface area (Å²) in [4.78, 5) is 9.05. The van der Waals surface area contributed by atoms with Crippen molar-refractivity contribution in [2.24, 2.45) is 28.2 Å². The van der Waals surface area contributed by atoms with Crippen molar-refractivity contribution in [3.63, 3.8) is 0 Å². The molecule has 0 amide bonds. The fourth-order valence-electron chi connectivity index (χ4n) is 18.4. The lowest BCUT2D eigenvalue weighted by molar-refractivity contribution is 0.670. The third-order valence-corrected chi connectivity index (χ3v) is 22.8. The standard InChI is InChI=1S/C92H59N7O2.3H2/c1-94-71-33-17-13-23-57(71)67-45-51(37-41-75(67)94)98(52-38-42-76-68(46-52)58-24-14-18-34-72(58)95(76)2)79-49-81-83(61-27-7-5-21-55(61)79)85-63-29-9-11-31-65(63)89-87(91(85)100-81)88-90(93-89)66-32-12-10-30-64(66)86-84-62-28-8-6-22-56(62)80(50-82(84)101-92(86)88)99(53-39-43-77-69(47-53)59-25-15-19-35-73(59)96(77)3)54-40-44-78-70(48-54)60-26-16-20-36-74(60)97(78)4;;;/h5-50,93H,1-4H3;3*1H. The minimum atomic E-state index is 0.